The maximum absolute atomic E-state index is 4.92. The van der Waals surface area contributed by atoms with Gasteiger partial charge >= 0.3 is 0 Å². The van der Waals surface area contributed by atoms with Crippen LogP contribution in [-0.2, 0) is 6.42 Å². The quantitative estimate of drug-likeness (QED) is 0.817. The van der Waals surface area contributed by atoms with E-state index in [-0.39, 0.29) is 6.04 Å². The first-order valence-electron chi connectivity index (χ1n) is 8.23. The van der Waals surface area contributed by atoms with Crippen LogP contribution < -0.4 is 0 Å². The Kier molecular flexibility index (Phi) is 4.30. The molecule has 4 nitrogen and oxygen atoms in total. The summed E-state index contributed by atoms with van der Waals surface area (Å²) in [5, 5.41) is 4.80. The molecule has 0 radical (unpaired) electrons. The summed E-state index contributed by atoms with van der Waals surface area (Å²) in [6.45, 7) is 4.37. The van der Waals surface area contributed by atoms with Gasteiger partial charge in [0.25, 0.3) is 0 Å². The molecule has 1 aromatic carbocycles. The Balaban J connectivity index is 1.93. The molecule has 1 heterocycles. The molecule has 0 saturated heterocycles. The van der Waals surface area contributed by atoms with Gasteiger partial charge in [0.05, 0.1) is 6.04 Å². The van der Waals surface area contributed by atoms with Crippen LogP contribution in [0.1, 0.15) is 61.9 Å². The van der Waals surface area contributed by atoms with E-state index in [2.05, 4.69) is 67.9 Å². The largest absolute Gasteiger partial charge is 0.299 e. The maximum Gasteiger partial charge on any atom is 0.154 e. The zero-order chi connectivity index (χ0) is 15.7. The van der Waals surface area contributed by atoms with Crippen molar-refractivity contribution in [3.8, 4) is 0 Å². The SMILES string of the molecule is CC(C)n1nc(C2CC2)nc1[C@H](Cc1ccccc1)N(C)C. The molecule has 1 saturated carbocycles. The highest BCUT2D eigenvalue weighted by Gasteiger charge is 2.31. The summed E-state index contributed by atoms with van der Waals surface area (Å²) in [6.07, 6.45) is 3.45. The predicted octanol–water partition coefficient (Wildman–Crippen LogP) is 3.58. The fourth-order valence-corrected chi connectivity index (χ4v) is 2.82. The lowest BCUT2D eigenvalue weighted by molar-refractivity contribution is 0.270. The molecule has 0 N–H and O–H groups in total. The molecule has 1 fully saturated rings. The van der Waals surface area contributed by atoms with Crippen LogP contribution in [0.2, 0.25) is 0 Å². The molecule has 1 atom stereocenters. The second kappa shape index (κ2) is 6.21. The third-order valence-corrected chi connectivity index (χ3v) is 4.30. The summed E-state index contributed by atoms with van der Waals surface area (Å²) >= 11 is 0. The number of likely N-dealkylation sites (N-methyl/N-ethyl adjacent to an activating group) is 1. The Hall–Kier alpha value is -1.68. The molecule has 22 heavy (non-hydrogen) atoms. The third kappa shape index (κ3) is 3.22. The monoisotopic (exact) mass is 298 g/mol. The van der Waals surface area contributed by atoms with Gasteiger partial charge in [0.2, 0.25) is 0 Å². The van der Waals surface area contributed by atoms with Crippen LogP contribution in [-0.4, -0.2) is 33.8 Å². The lowest BCUT2D eigenvalue weighted by Crippen LogP contribution is -2.26. The van der Waals surface area contributed by atoms with Crippen molar-refractivity contribution in [1.29, 1.82) is 0 Å². The average Bonchev–Trinajstić information content (AvgIpc) is 3.25. The Bertz CT molecular complexity index is 611. The molecular formula is C18H26N4. The van der Waals surface area contributed by atoms with Crippen LogP contribution in [0.15, 0.2) is 30.3 Å². The highest BCUT2D eigenvalue weighted by Crippen LogP contribution is 2.39. The van der Waals surface area contributed by atoms with E-state index in [9.17, 15) is 0 Å². The van der Waals surface area contributed by atoms with Crippen molar-refractivity contribution < 1.29 is 0 Å². The van der Waals surface area contributed by atoms with E-state index in [4.69, 9.17) is 10.1 Å². The van der Waals surface area contributed by atoms with Gasteiger partial charge in [-0.15, -0.1) is 0 Å². The fourth-order valence-electron chi connectivity index (χ4n) is 2.82. The summed E-state index contributed by atoms with van der Waals surface area (Å²) in [5.41, 5.74) is 1.34. The molecule has 0 unspecified atom stereocenters. The number of hydrogen-bond donors (Lipinski definition) is 0. The Morgan fingerprint density at radius 2 is 1.86 bits per heavy atom. The van der Waals surface area contributed by atoms with Crippen LogP contribution in [0.25, 0.3) is 0 Å². The molecule has 1 aliphatic carbocycles. The van der Waals surface area contributed by atoms with Gasteiger partial charge in [-0.1, -0.05) is 30.3 Å². The zero-order valence-corrected chi connectivity index (χ0v) is 14.0. The van der Waals surface area contributed by atoms with Crippen molar-refractivity contribution in [3.63, 3.8) is 0 Å². The van der Waals surface area contributed by atoms with Crippen molar-refractivity contribution in [1.82, 2.24) is 19.7 Å². The normalized spacial score (nSPS) is 16.5. The number of benzene rings is 1. The standard InChI is InChI=1S/C18H26N4/c1-13(2)22-18(19-17(20-22)15-10-11-15)16(21(3)4)12-14-8-6-5-7-9-14/h5-9,13,15-16H,10-12H2,1-4H3/t16-/m0/s1. The van der Waals surface area contributed by atoms with E-state index < -0.39 is 0 Å². The maximum atomic E-state index is 4.92. The average molecular weight is 298 g/mol. The minimum absolute atomic E-state index is 0.254. The van der Waals surface area contributed by atoms with E-state index in [1.54, 1.807) is 0 Å². The van der Waals surface area contributed by atoms with Crippen LogP contribution in [0, 0.1) is 0 Å². The summed E-state index contributed by atoms with van der Waals surface area (Å²) in [5.74, 6) is 2.74. The number of rotatable bonds is 6. The summed E-state index contributed by atoms with van der Waals surface area (Å²) in [6, 6.07) is 11.2. The van der Waals surface area contributed by atoms with Crippen molar-refractivity contribution >= 4 is 0 Å². The van der Waals surface area contributed by atoms with Crippen LogP contribution >= 0.6 is 0 Å². The molecule has 118 valence electrons. The Morgan fingerprint density at radius 3 is 2.41 bits per heavy atom. The first-order valence-corrected chi connectivity index (χ1v) is 8.23. The second-order valence-corrected chi connectivity index (χ2v) is 6.81. The predicted molar refractivity (Wildman–Crippen MR) is 89.0 cm³/mol. The molecule has 2 aromatic rings. The summed E-state index contributed by atoms with van der Waals surface area (Å²) in [7, 11) is 4.26. The fraction of sp³-hybridized carbons (Fsp3) is 0.556. The van der Waals surface area contributed by atoms with Crippen LogP contribution in [0.4, 0.5) is 0 Å². The van der Waals surface area contributed by atoms with E-state index in [1.807, 2.05) is 0 Å². The minimum atomic E-state index is 0.254. The summed E-state index contributed by atoms with van der Waals surface area (Å²) in [4.78, 5) is 7.18. The van der Waals surface area contributed by atoms with E-state index in [0.717, 1.165) is 18.1 Å². The van der Waals surface area contributed by atoms with E-state index >= 15 is 0 Å². The van der Waals surface area contributed by atoms with Gasteiger partial charge in [-0.2, -0.15) is 5.10 Å². The second-order valence-electron chi connectivity index (χ2n) is 6.81. The molecular weight excluding hydrogens is 272 g/mol. The highest BCUT2D eigenvalue weighted by atomic mass is 15.4. The third-order valence-electron chi connectivity index (χ3n) is 4.30. The van der Waals surface area contributed by atoms with E-state index in [1.165, 1.54) is 18.4 Å². The first-order chi connectivity index (χ1) is 10.6. The van der Waals surface area contributed by atoms with Gasteiger partial charge in [0.15, 0.2) is 5.82 Å². The lowest BCUT2D eigenvalue weighted by atomic mass is 10.0. The van der Waals surface area contributed by atoms with Crippen LogP contribution in [0.3, 0.4) is 0 Å². The van der Waals surface area contributed by atoms with Gasteiger partial charge in [-0.3, -0.25) is 4.90 Å². The number of hydrogen-bond acceptors (Lipinski definition) is 3. The van der Waals surface area contributed by atoms with Crippen LogP contribution in [0.5, 0.6) is 0 Å². The molecule has 0 aliphatic heterocycles. The first kappa shape index (κ1) is 15.2. The minimum Gasteiger partial charge on any atom is -0.299 e. The molecule has 1 aromatic heterocycles. The molecule has 0 amide bonds. The molecule has 0 bridgehead atoms. The van der Waals surface area contributed by atoms with E-state index in [0.29, 0.717) is 12.0 Å². The van der Waals surface area contributed by atoms with Crippen molar-refractivity contribution in [2.24, 2.45) is 0 Å². The van der Waals surface area contributed by atoms with Crippen molar-refractivity contribution in [2.45, 2.75) is 51.1 Å². The smallest absolute Gasteiger partial charge is 0.154 e. The lowest BCUT2D eigenvalue weighted by Gasteiger charge is -2.25. The molecule has 4 heteroatoms. The molecule has 1 aliphatic rings. The highest BCUT2D eigenvalue weighted by molar-refractivity contribution is 5.18. The van der Waals surface area contributed by atoms with Gasteiger partial charge in [-0.25, -0.2) is 9.67 Å². The van der Waals surface area contributed by atoms with Crippen molar-refractivity contribution in [2.75, 3.05) is 14.1 Å². The van der Waals surface area contributed by atoms with Gasteiger partial charge in [0.1, 0.15) is 5.82 Å². The van der Waals surface area contributed by atoms with Gasteiger partial charge in [-0.05, 0) is 52.8 Å². The summed E-state index contributed by atoms with van der Waals surface area (Å²) < 4.78 is 2.13. The van der Waals surface area contributed by atoms with Gasteiger partial charge < -0.3 is 0 Å². The van der Waals surface area contributed by atoms with Gasteiger partial charge in [0, 0.05) is 12.0 Å². The zero-order valence-electron chi connectivity index (χ0n) is 14.0. The number of aromatic nitrogens is 3. The Morgan fingerprint density at radius 1 is 1.18 bits per heavy atom. The van der Waals surface area contributed by atoms with Crippen molar-refractivity contribution in [3.05, 3.63) is 47.5 Å². The Labute approximate surface area is 133 Å². The topological polar surface area (TPSA) is 34.0 Å². The molecule has 0 spiro atoms. The molecule has 3 rings (SSSR count). The number of nitrogens with zero attached hydrogens (tertiary/aromatic N) is 4.